The molecule has 0 atom stereocenters. The molecule has 5 rings (SSSR count). The van der Waals surface area contributed by atoms with Gasteiger partial charge in [0.05, 0.1) is 6.20 Å². The zero-order valence-electron chi connectivity index (χ0n) is 17.3. The molecule has 1 saturated heterocycles. The molecular formula is C23H22F2N4OS. The molecule has 0 spiro atoms. The smallest absolute Gasteiger partial charge is 0.228 e. The lowest BCUT2D eigenvalue weighted by Gasteiger charge is -2.23. The third kappa shape index (κ3) is 4.39. The van der Waals surface area contributed by atoms with E-state index < -0.39 is 11.6 Å². The maximum Gasteiger partial charge on any atom is 0.228 e. The van der Waals surface area contributed by atoms with Gasteiger partial charge in [0.1, 0.15) is 29.3 Å². The van der Waals surface area contributed by atoms with Crippen molar-refractivity contribution in [2.75, 3.05) is 11.5 Å². The standard InChI is InChI=1S/C21H16F2N4OS.C2H6/c22-15-6-7-18(17(23)8-15)27-20-16(9-24-27)21(26-19(25-20)14-11-29-12-14)28-10-13-4-2-1-3-5-13;1-2/h1-9,14H,10-12H2;1-2H3. The summed E-state index contributed by atoms with van der Waals surface area (Å²) >= 11 is 1.82. The first-order valence-corrected chi connectivity index (χ1v) is 11.3. The average molecular weight is 441 g/mol. The molecule has 0 unspecified atom stereocenters. The Morgan fingerprint density at radius 3 is 2.52 bits per heavy atom. The van der Waals surface area contributed by atoms with Gasteiger partial charge in [0.2, 0.25) is 5.88 Å². The summed E-state index contributed by atoms with van der Waals surface area (Å²) in [4.78, 5) is 9.28. The Labute approximate surface area is 183 Å². The van der Waals surface area contributed by atoms with Gasteiger partial charge in [-0.05, 0) is 17.7 Å². The van der Waals surface area contributed by atoms with Crippen molar-refractivity contribution in [3.8, 4) is 11.6 Å². The van der Waals surface area contributed by atoms with Gasteiger partial charge in [0, 0.05) is 23.5 Å². The molecule has 1 fully saturated rings. The number of hydrogen-bond acceptors (Lipinski definition) is 5. The topological polar surface area (TPSA) is 52.8 Å². The van der Waals surface area contributed by atoms with Crippen molar-refractivity contribution >= 4 is 22.8 Å². The minimum absolute atomic E-state index is 0.128. The van der Waals surface area contributed by atoms with E-state index in [4.69, 9.17) is 4.74 Å². The Hall–Kier alpha value is -3.00. The van der Waals surface area contributed by atoms with E-state index in [1.54, 1.807) is 6.20 Å². The van der Waals surface area contributed by atoms with Crippen LogP contribution in [0.15, 0.2) is 54.7 Å². The van der Waals surface area contributed by atoms with E-state index in [0.29, 0.717) is 29.3 Å². The largest absolute Gasteiger partial charge is 0.472 e. The Morgan fingerprint density at radius 2 is 1.84 bits per heavy atom. The molecule has 3 heterocycles. The molecule has 0 aliphatic carbocycles. The van der Waals surface area contributed by atoms with Crippen LogP contribution in [0.2, 0.25) is 0 Å². The third-order valence-electron chi connectivity index (χ3n) is 4.77. The van der Waals surface area contributed by atoms with Crippen molar-refractivity contribution in [1.29, 1.82) is 0 Å². The fourth-order valence-corrected chi connectivity index (χ4v) is 3.90. The predicted molar refractivity (Wildman–Crippen MR) is 119 cm³/mol. The number of aromatic nitrogens is 4. The summed E-state index contributed by atoms with van der Waals surface area (Å²) in [5.74, 6) is 1.82. The number of nitrogens with zero attached hydrogens (tertiary/aromatic N) is 4. The van der Waals surface area contributed by atoms with Gasteiger partial charge in [-0.15, -0.1) is 0 Å². The highest BCUT2D eigenvalue weighted by Gasteiger charge is 2.26. The summed E-state index contributed by atoms with van der Waals surface area (Å²) in [5, 5.41) is 4.87. The molecule has 8 heteroatoms. The molecular weight excluding hydrogens is 418 g/mol. The van der Waals surface area contributed by atoms with E-state index in [1.165, 1.54) is 16.8 Å². The van der Waals surface area contributed by atoms with Gasteiger partial charge in [-0.3, -0.25) is 0 Å². The highest BCUT2D eigenvalue weighted by atomic mass is 32.2. The summed E-state index contributed by atoms with van der Waals surface area (Å²) in [7, 11) is 0. The van der Waals surface area contributed by atoms with E-state index in [0.717, 1.165) is 23.1 Å². The molecule has 0 amide bonds. The molecule has 160 valence electrons. The van der Waals surface area contributed by atoms with Gasteiger partial charge in [0.25, 0.3) is 0 Å². The minimum Gasteiger partial charge on any atom is -0.472 e. The molecule has 1 aliphatic rings. The van der Waals surface area contributed by atoms with Crippen molar-refractivity contribution in [3.63, 3.8) is 0 Å². The number of ether oxygens (including phenoxy) is 1. The minimum atomic E-state index is -0.707. The number of benzene rings is 2. The van der Waals surface area contributed by atoms with Crippen LogP contribution in [0.25, 0.3) is 16.7 Å². The number of halogens is 2. The Morgan fingerprint density at radius 1 is 1.06 bits per heavy atom. The molecule has 0 bridgehead atoms. The average Bonchev–Trinajstić information content (AvgIpc) is 3.17. The SMILES string of the molecule is CC.Fc1ccc(-n2ncc3c(OCc4ccccc4)nc(C4CSC4)nc32)c(F)c1. The summed E-state index contributed by atoms with van der Waals surface area (Å²) < 4.78 is 35.1. The number of fused-ring (bicyclic) bond motifs is 1. The molecule has 5 nitrogen and oxygen atoms in total. The third-order valence-corrected chi connectivity index (χ3v) is 6.05. The first-order valence-electron chi connectivity index (χ1n) is 10.1. The van der Waals surface area contributed by atoms with E-state index >= 15 is 0 Å². The molecule has 2 aromatic carbocycles. The first-order chi connectivity index (χ1) is 15.2. The van der Waals surface area contributed by atoms with Crippen LogP contribution in [0.4, 0.5) is 8.78 Å². The van der Waals surface area contributed by atoms with Crippen LogP contribution in [-0.2, 0) is 6.61 Å². The van der Waals surface area contributed by atoms with Gasteiger partial charge >= 0.3 is 0 Å². The Kier molecular flexibility index (Phi) is 6.46. The lowest BCUT2D eigenvalue weighted by atomic mass is 10.2. The van der Waals surface area contributed by atoms with Gasteiger partial charge in [-0.1, -0.05) is 44.2 Å². The van der Waals surface area contributed by atoms with E-state index in [-0.39, 0.29) is 11.6 Å². The quantitative estimate of drug-likeness (QED) is 0.408. The van der Waals surface area contributed by atoms with Gasteiger partial charge in [-0.25, -0.2) is 18.4 Å². The normalized spacial score (nSPS) is 13.4. The summed E-state index contributed by atoms with van der Waals surface area (Å²) in [6.07, 6.45) is 1.55. The summed E-state index contributed by atoms with van der Waals surface area (Å²) in [5.41, 5.74) is 1.58. The fraction of sp³-hybridized carbons (Fsp3) is 0.261. The maximum absolute atomic E-state index is 14.4. The van der Waals surface area contributed by atoms with Crippen molar-refractivity contribution < 1.29 is 13.5 Å². The summed E-state index contributed by atoms with van der Waals surface area (Å²) in [6, 6.07) is 13.2. The Balaban J connectivity index is 0.00000112. The predicted octanol–water partition coefficient (Wildman–Crippen LogP) is 5.53. The molecule has 0 N–H and O–H groups in total. The van der Waals surface area contributed by atoms with Crippen molar-refractivity contribution in [3.05, 3.63) is 77.8 Å². The molecule has 4 aromatic rings. The molecule has 31 heavy (non-hydrogen) atoms. The second-order valence-corrected chi connectivity index (χ2v) is 7.86. The van der Waals surface area contributed by atoms with Crippen molar-refractivity contribution in [2.24, 2.45) is 0 Å². The monoisotopic (exact) mass is 440 g/mol. The Bertz CT molecular complexity index is 1180. The van der Waals surface area contributed by atoms with Crippen molar-refractivity contribution in [1.82, 2.24) is 19.7 Å². The number of rotatable bonds is 5. The van der Waals surface area contributed by atoms with E-state index in [2.05, 4.69) is 15.1 Å². The van der Waals surface area contributed by atoms with E-state index in [9.17, 15) is 8.78 Å². The number of hydrogen-bond donors (Lipinski definition) is 0. The maximum atomic E-state index is 14.4. The highest BCUT2D eigenvalue weighted by Crippen LogP contribution is 2.35. The van der Waals surface area contributed by atoms with Crippen LogP contribution in [0, 0.1) is 11.6 Å². The van der Waals surface area contributed by atoms with Crippen LogP contribution in [0.5, 0.6) is 5.88 Å². The van der Waals surface area contributed by atoms with Gasteiger partial charge in [-0.2, -0.15) is 21.8 Å². The highest BCUT2D eigenvalue weighted by molar-refractivity contribution is 8.00. The zero-order valence-corrected chi connectivity index (χ0v) is 18.1. The van der Waals surface area contributed by atoms with Crippen LogP contribution >= 0.6 is 11.8 Å². The molecule has 0 radical (unpaired) electrons. The van der Waals surface area contributed by atoms with Crippen LogP contribution in [-0.4, -0.2) is 31.3 Å². The first kappa shape index (κ1) is 21.2. The molecule has 2 aromatic heterocycles. The van der Waals surface area contributed by atoms with E-state index in [1.807, 2.05) is 55.9 Å². The second kappa shape index (κ2) is 9.43. The van der Waals surface area contributed by atoms with Crippen LogP contribution in [0.3, 0.4) is 0 Å². The lowest BCUT2D eigenvalue weighted by molar-refractivity contribution is 0.296. The van der Waals surface area contributed by atoms with Crippen LogP contribution in [0.1, 0.15) is 31.2 Å². The summed E-state index contributed by atoms with van der Waals surface area (Å²) in [6.45, 7) is 4.35. The van der Waals surface area contributed by atoms with Crippen LogP contribution < -0.4 is 4.74 Å². The van der Waals surface area contributed by atoms with Crippen molar-refractivity contribution in [2.45, 2.75) is 26.4 Å². The lowest BCUT2D eigenvalue weighted by Crippen LogP contribution is -2.19. The van der Waals surface area contributed by atoms with Gasteiger partial charge < -0.3 is 4.74 Å². The molecule has 0 saturated carbocycles. The molecule has 1 aliphatic heterocycles. The number of thioether (sulfide) groups is 1. The van der Waals surface area contributed by atoms with Gasteiger partial charge in [0.15, 0.2) is 11.5 Å². The second-order valence-electron chi connectivity index (χ2n) is 6.79. The zero-order chi connectivity index (χ0) is 21.8. The fourth-order valence-electron chi connectivity index (χ4n) is 3.13.